The molecule has 0 radical (unpaired) electrons. The van der Waals surface area contributed by atoms with E-state index in [0.717, 1.165) is 50.5 Å². The second-order valence-corrected chi connectivity index (χ2v) is 6.66. The summed E-state index contributed by atoms with van der Waals surface area (Å²) in [5, 5.41) is 3.43. The average molecular weight is 362 g/mol. The molecule has 0 aliphatic carbocycles. The van der Waals surface area contributed by atoms with Crippen molar-refractivity contribution in [3.8, 4) is 5.88 Å². The fourth-order valence-corrected chi connectivity index (χ4v) is 3.31. The molecule has 2 atom stereocenters. The number of guanidine groups is 1. The molecular weight excluding hydrogens is 332 g/mol. The zero-order valence-electron chi connectivity index (χ0n) is 15.8. The molecule has 7 nitrogen and oxygen atoms in total. The lowest BCUT2D eigenvalue weighted by Gasteiger charge is -2.37. The zero-order valence-corrected chi connectivity index (χ0v) is 15.8. The first kappa shape index (κ1) is 18.9. The maximum atomic E-state index is 5.92. The minimum atomic E-state index is 0.126. The van der Waals surface area contributed by atoms with Crippen LogP contribution in [-0.4, -0.2) is 68.0 Å². The first-order chi connectivity index (χ1) is 12.8. The molecule has 3 rings (SSSR count). The van der Waals surface area contributed by atoms with Crippen LogP contribution >= 0.6 is 0 Å². The van der Waals surface area contributed by atoms with Gasteiger partial charge in [0.15, 0.2) is 5.96 Å². The lowest BCUT2D eigenvalue weighted by atomic mass is 10.1. The Kier molecular flexibility index (Phi) is 7.08. The molecule has 0 aromatic carbocycles. The molecule has 144 valence electrons. The van der Waals surface area contributed by atoms with Crippen molar-refractivity contribution < 1.29 is 14.2 Å². The van der Waals surface area contributed by atoms with E-state index >= 15 is 0 Å². The van der Waals surface area contributed by atoms with E-state index in [1.165, 1.54) is 0 Å². The van der Waals surface area contributed by atoms with Crippen molar-refractivity contribution in [2.75, 3.05) is 40.0 Å². The largest absolute Gasteiger partial charge is 0.478 e. The van der Waals surface area contributed by atoms with E-state index in [4.69, 9.17) is 14.2 Å². The van der Waals surface area contributed by atoms with Crippen molar-refractivity contribution >= 4 is 5.96 Å². The number of aliphatic imine (C=N–C) groups is 1. The van der Waals surface area contributed by atoms with Crippen molar-refractivity contribution in [3.05, 3.63) is 23.9 Å². The van der Waals surface area contributed by atoms with E-state index in [1.54, 1.807) is 0 Å². The summed E-state index contributed by atoms with van der Waals surface area (Å²) in [5.74, 6) is 1.56. The molecule has 0 amide bonds. The number of morpholine rings is 1. The Bertz CT molecular complexity index is 573. The van der Waals surface area contributed by atoms with Crippen LogP contribution in [0.15, 0.2) is 23.3 Å². The summed E-state index contributed by atoms with van der Waals surface area (Å²) in [6, 6.07) is 3.95. The quantitative estimate of drug-likeness (QED) is 0.615. The minimum absolute atomic E-state index is 0.126. The number of aromatic nitrogens is 1. The SMILES string of the molecule is CCCOc1ccc(CNC(=NC)N2CCOC(C3CCCO3)C2)cn1. The highest BCUT2D eigenvalue weighted by Gasteiger charge is 2.32. The van der Waals surface area contributed by atoms with Crippen LogP contribution in [0.4, 0.5) is 0 Å². The van der Waals surface area contributed by atoms with E-state index in [1.807, 2.05) is 25.4 Å². The summed E-state index contributed by atoms with van der Waals surface area (Å²) in [4.78, 5) is 11.0. The number of pyridine rings is 1. The Labute approximate surface area is 155 Å². The molecule has 2 unspecified atom stereocenters. The molecule has 1 N–H and O–H groups in total. The molecule has 26 heavy (non-hydrogen) atoms. The summed E-state index contributed by atoms with van der Waals surface area (Å²) in [7, 11) is 1.82. The summed E-state index contributed by atoms with van der Waals surface area (Å²) >= 11 is 0. The van der Waals surface area contributed by atoms with Crippen LogP contribution in [0.25, 0.3) is 0 Å². The Balaban J connectivity index is 1.50. The van der Waals surface area contributed by atoms with Crippen molar-refractivity contribution in [2.45, 2.75) is 44.9 Å². The third-order valence-corrected chi connectivity index (χ3v) is 4.69. The van der Waals surface area contributed by atoms with Gasteiger partial charge in [0.2, 0.25) is 5.88 Å². The number of hydrogen-bond acceptors (Lipinski definition) is 5. The molecule has 0 spiro atoms. The van der Waals surface area contributed by atoms with Crippen molar-refractivity contribution in [2.24, 2.45) is 4.99 Å². The van der Waals surface area contributed by atoms with Gasteiger partial charge in [0, 0.05) is 45.6 Å². The number of rotatable bonds is 6. The number of nitrogens with one attached hydrogen (secondary N) is 1. The van der Waals surface area contributed by atoms with Gasteiger partial charge in [0.1, 0.15) is 6.10 Å². The molecule has 7 heteroatoms. The van der Waals surface area contributed by atoms with Crippen molar-refractivity contribution in [1.29, 1.82) is 0 Å². The summed E-state index contributed by atoms with van der Waals surface area (Å²) in [6.07, 6.45) is 5.38. The highest BCUT2D eigenvalue weighted by molar-refractivity contribution is 5.80. The Morgan fingerprint density at radius 1 is 1.35 bits per heavy atom. The first-order valence-corrected chi connectivity index (χ1v) is 9.56. The molecule has 2 aliphatic rings. The van der Waals surface area contributed by atoms with Crippen molar-refractivity contribution in [3.63, 3.8) is 0 Å². The maximum Gasteiger partial charge on any atom is 0.213 e. The first-order valence-electron chi connectivity index (χ1n) is 9.56. The molecule has 2 saturated heterocycles. The molecule has 0 saturated carbocycles. The van der Waals surface area contributed by atoms with Crippen molar-refractivity contribution in [1.82, 2.24) is 15.2 Å². The Morgan fingerprint density at radius 2 is 2.23 bits per heavy atom. The standard InChI is InChI=1S/C19H30N4O3/c1-3-9-26-18-7-6-15(12-21-18)13-22-19(20-2)23-8-11-25-17(14-23)16-5-4-10-24-16/h6-7,12,16-17H,3-5,8-11,13-14H2,1-2H3,(H,20,22). The normalized spacial score (nSPS) is 23.9. The Hall–Kier alpha value is -1.86. The molecule has 2 aliphatic heterocycles. The van der Waals surface area contributed by atoms with Gasteiger partial charge >= 0.3 is 0 Å². The second kappa shape index (κ2) is 9.73. The van der Waals surface area contributed by atoms with Crippen LogP contribution in [0.3, 0.4) is 0 Å². The summed E-state index contributed by atoms with van der Waals surface area (Å²) in [6.45, 7) is 6.66. The molecule has 1 aromatic heterocycles. The highest BCUT2D eigenvalue weighted by Crippen LogP contribution is 2.21. The minimum Gasteiger partial charge on any atom is -0.478 e. The molecular formula is C19H30N4O3. The molecule has 0 bridgehead atoms. The van der Waals surface area contributed by atoms with Crippen LogP contribution < -0.4 is 10.1 Å². The summed E-state index contributed by atoms with van der Waals surface area (Å²) < 4.78 is 17.2. The second-order valence-electron chi connectivity index (χ2n) is 6.66. The van der Waals surface area contributed by atoms with Gasteiger partial charge in [-0.2, -0.15) is 0 Å². The monoisotopic (exact) mass is 362 g/mol. The van der Waals surface area contributed by atoms with Crippen LogP contribution in [-0.2, 0) is 16.0 Å². The van der Waals surface area contributed by atoms with E-state index < -0.39 is 0 Å². The average Bonchev–Trinajstić information content (AvgIpc) is 3.23. The van der Waals surface area contributed by atoms with Gasteiger partial charge in [-0.3, -0.25) is 4.99 Å². The van der Waals surface area contributed by atoms with Crippen LogP contribution in [0.5, 0.6) is 5.88 Å². The predicted octanol–water partition coefficient (Wildman–Crippen LogP) is 1.83. The van der Waals surface area contributed by atoms with Crippen LogP contribution in [0.2, 0.25) is 0 Å². The number of hydrogen-bond donors (Lipinski definition) is 1. The maximum absolute atomic E-state index is 5.92. The number of ether oxygens (including phenoxy) is 3. The van der Waals surface area contributed by atoms with E-state index in [0.29, 0.717) is 25.6 Å². The lowest BCUT2D eigenvalue weighted by molar-refractivity contribution is -0.0817. The molecule has 3 heterocycles. The van der Waals surface area contributed by atoms with Gasteiger partial charge < -0.3 is 24.4 Å². The highest BCUT2D eigenvalue weighted by atomic mass is 16.5. The van der Waals surface area contributed by atoms with Gasteiger partial charge in [-0.1, -0.05) is 13.0 Å². The van der Waals surface area contributed by atoms with Crippen LogP contribution in [0.1, 0.15) is 31.7 Å². The van der Waals surface area contributed by atoms with Gasteiger partial charge in [-0.05, 0) is 24.8 Å². The Morgan fingerprint density at radius 3 is 2.92 bits per heavy atom. The van der Waals surface area contributed by atoms with E-state index in [-0.39, 0.29) is 12.2 Å². The third kappa shape index (κ3) is 5.08. The van der Waals surface area contributed by atoms with Gasteiger partial charge in [0.25, 0.3) is 0 Å². The van der Waals surface area contributed by atoms with E-state index in [2.05, 4.69) is 27.1 Å². The zero-order chi connectivity index (χ0) is 18.2. The topological polar surface area (TPSA) is 68.2 Å². The van der Waals surface area contributed by atoms with Gasteiger partial charge in [-0.15, -0.1) is 0 Å². The fourth-order valence-electron chi connectivity index (χ4n) is 3.31. The van der Waals surface area contributed by atoms with Crippen LogP contribution in [0, 0.1) is 0 Å². The van der Waals surface area contributed by atoms with E-state index in [9.17, 15) is 0 Å². The number of nitrogens with zero attached hydrogens (tertiary/aromatic N) is 3. The summed E-state index contributed by atoms with van der Waals surface area (Å²) in [5.41, 5.74) is 1.10. The van der Waals surface area contributed by atoms with Gasteiger partial charge in [-0.25, -0.2) is 4.98 Å². The fraction of sp³-hybridized carbons (Fsp3) is 0.684. The third-order valence-electron chi connectivity index (χ3n) is 4.69. The predicted molar refractivity (Wildman–Crippen MR) is 101 cm³/mol. The van der Waals surface area contributed by atoms with Gasteiger partial charge in [0.05, 0.1) is 19.3 Å². The lowest BCUT2D eigenvalue weighted by Crippen LogP contribution is -2.53. The smallest absolute Gasteiger partial charge is 0.213 e. The molecule has 2 fully saturated rings. The molecule has 1 aromatic rings.